The Morgan fingerprint density at radius 2 is 2.06 bits per heavy atom. The molecule has 0 saturated heterocycles. The van der Waals surface area contributed by atoms with Gasteiger partial charge in [-0.2, -0.15) is 0 Å². The molecule has 0 amide bonds. The second kappa shape index (κ2) is 5.92. The van der Waals surface area contributed by atoms with Crippen molar-refractivity contribution >= 4 is 35.7 Å². The summed E-state index contributed by atoms with van der Waals surface area (Å²) in [6, 6.07) is 3.19. The van der Waals surface area contributed by atoms with Gasteiger partial charge >= 0.3 is 13.9 Å². The normalized spacial score (nSPS) is 20.7. The number of carbonyl (C=O) groups excluding carboxylic acids is 1. The van der Waals surface area contributed by atoms with Crippen molar-refractivity contribution in [3.8, 4) is 17.1 Å². The average molecular weight is 439 g/mol. The summed E-state index contributed by atoms with van der Waals surface area (Å²) in [7, 11) is -3.62. The molecule has 0 bridgehead atoms. The lowest BCUT2D eigenvalue weighted by Gasteiger charge is -2.29. The smallest absolute Gasteiger partial charge is 0.347 e. The highest BCUT2D eigenvalue weighted by molar-refractivity contribution is 7.09. The summed E-state index contributed by atoms with van der Waals surface area (Å²) in [5, 5.41) is 1.06. The van der Waals surface area contributed by atoms with E-state index in [1.54, 1.807) is 17.6 Å². The van der Waals surface area contributed by atoms with Gasteiger partial charge in [0.1, 0.15) is 12.3 Å². The Labute approximate surface area is 176 Å². The number of hydrogen-bond donors (Lipinski definition) is 2. The van der Waals surface area contributed by atoms with Crippen LogP contribution < -0.4 is 21.2 Å². The van der Waals surface area contributed by atoms with Gasteiger partial charge < -0.3 is 24.6 Å². The first-order valence-corrected chi connectivity index (χ1v) is 12.2. The van der Waals surface area contributed by atoms with E-state index in [2.05, 4.69) is 4.98 Å². The highest BCUT2D eigenvalue weighted by Gasteiger charge is 2.49. The molecule has 1 atom stereocenters. The molecule has 31 heavy (non-hydrogen) atoms. The van der Waals surface area contributed by atoms with Gasteiger partial charge in [-0.05, 0) is 22.9 Å². The number of nitrogens with two attached hydrogens (primary N) is 1. The van der Waals surface area contributed by atoms with Gasteiger partial charge in [0.05, 0.1) is 35.6 Å². The molecule has 0 saturated carbocycles. The Balaban J connectivity index is 1.68. The van der Waals surface area contributed by atoms with Crippen LogP contribution in [0.2, 0.25) is 6.04 Å². The lowest BCUT2D eigenvalue weighted by Crippen LogP contribution is -2.61. The fourth-order valence-corrected chi connectivity index (χ4v) is 7.22. The van der Waals surface area contributed by atoms with E-state index in [9.17, 15) is 18.8 Å². The average Bonchev–Trinajstić information content (AvgIpc) is 3.14. The van der Waals surface area contributed by atoms with E-state index in [0.29, 0.717) is 58.4 Å². The molecule has 3 aliphatic rings. The fraction of sp³-hybridized carbons (Fsp3) is 0.286. The maximum absolute atomic E-state index is 14.4. The zero-order valence-electron chi connectivity index (χ0n) is 16.6. The van der Waals surface area contributed by atoms with Crippen LogP contribution in [0.5, 0.6) is 5.75 Å². The zero-order chi connectivity index (χ0) is 21.7. The third-order valence-corrected chi connectivity index (χ3v) is 9.81. The molecule has 6 rings (SSSR count). The number of ether oxygens (including phenoxy) is 2. The molecule has 0 fully saturated rings. The molecule has 0 spiro atoms. The van der Waals surface area contributed by atoms with Crippen LogP contribution in [0.4, 0.5) is 14.9 Å². The summed E-state index contributed by atoms with van der Waals surface area (Å²) in [5.74, 6) is -0.319. The standard InChI is InChI=1S/C21H18FN3O5Si/c1-2-31(28)15-6-14-18-10(7-25(14)20(26)11(15)8-30-21(31)27)9-3-4-29-19-16(9)13(24-18)5-12(22)17(19)23/h5-6,28H,2-4,7-8,23H2,1H3/t31-/m0/s1. The van der Waals surface area contributed by atoms with Crippen LogP contribution >= 0.6 is 0 Å². The minimum Gasteiger partial charge on any atom is -0.490 e. The first kappa shape index (κ1) is 18.5. The summed E-state index contributed by atoms with van der Waals surface area (Å²) in [4.78, 5) is 41.4. The lowest BCUT2D eigenvalue weighted by molar-refractivity contribution is 0.156. The van der Waals surface area contributed by atoms with Gasteiger partial charge in [0.15, 0.2) is 11.6 Å². The van der Waals surface area contributed by atoms with Crippen molar-refractivity contribution in [2.75, 3.05) is 12.3 Å². The number of nitrogens with zero attached hydrogens (tertiary/aromatic N) is 2. The quantitative estimate of drug-likeness (QED) is 0.341. The molecule has 2 aromatic heterocycles. The molecule has 1 aromatic carbocycles. The van der Waals surface area contributed by atoms with Gasteiger partial charge in [-0.3, -0.25) is 9.59 Å². The number of aromatic nitrogens is 2. The lowest BCUT2D eigenvalue weighted by atomic mass is 9.95. The van der Waals surface area contributed by atoms with Crippen molar-refractivity contribution in [1.29, 1.82) is 0 Å². The summed E-state index contributed by atoms with van der Waals surface area (Å²) in [6.07, 6.45) is 0.580. The minimum absolute atomic E-state index is 0.0481. The number of nitrogen functional groups attached to an aromatic ring is 1. The fourth-order valence-electron chi connectivity index (χ4n) is 4.97. The van der Waals surface area contributed by atoms with Crippen molar-refractivity contribution < 1.29 is 23.5 Å². The van der Waals surface area contributed by atoms with Crippen LogP contribution in [-0.2, 0) is 24.3 Å². The number of carbonyl (C=O) groups is 1. The summed E-state index contributed by atoms with van der Waals surface area (Å²) in [5.41, 5.74) is 8.52. The minimum atomic E-state index is -3.62. The van der Waals surface area contributed by atoms with E-state index < -0.39 is 19.7 Å². The van der Waals surface area contributed by atoms with E-state index in [1.165, 1.54) is 6.07 Å². The molecule has 8 nitrogen and oxygen atoms in total. The molecular formula is C21H18FN3O5Si. The van der Waals surface area contributed by atoms with Crippen molar-refractivity contribution in [3.63, 3.8) is 0 Å². The second-order valence-corrected chi connectivity index (χ2v) is 11.5. The third kappa shape index (κ3) is 2.18. The van der Waals surface area contributed by atoms with Crippen LogP contribution in [0.15, 0.2) is 16.9 Å². The molecule has 0 aliphatic carbocycles. The highest BCUT2D eigenvalue weighted by Crippen LogP contribution is 2.44. The zero-order valence-corrected chi connectivity index (χ0v) is 17.6. The van der Waals surface area contributed by atoms with Gasteiger partial charge in [-0.15, -0.1) is 0 Å². The van der Waals surface area contributed by atoms with Gasteiger partial charge in [0.25, 0.3) is 5.56 Å². The van der Waals surface area contributed by atoms with E-state index in [1.807, 2.05) is 0 Å². The topological polar surface area (TPSA) is 117 Å². The van der Waals surface area contributed by atoms with E-state index in [-0.39, 0.29) is 23.9 Å². The molecule has 3 N–H and O–H groups in total. The molecule has 3 aliphatic heterocycles. The van der Waals surface area contributed by atoms with E-state index >= 15 is 0 Å². The molecular weight excluding hydrogens is 421 g/mol. The predicted octanol–water partition coefficient (Wildman–Crippen LogP) is 1.48. The Bertz CT molecular complexity index is 1420. The summed E-state index contributed by atoms with van der Waals surface area (Å²) < 4.78 is 26.8. The maximum Gasteiger partial charge on any atom is 0.347 e. The monoisotopic (exact) mass is 439 g/mol. The van der Waals surface area contributed by atoms with Gasteiger partial charge in [0, 0.05) is 23.4 Å². The molecule has 0 unspecified atom stereocenters. The van der Waals surface area contributed by atoms with Crippen LogP contribution in [0.1, 0.15) is 23.6 Å². The summed E-state index contributed by atoms with van der Waals surface area (Å²) in [6.45, 7) is 2.21. The molecule has 158 valence electrons. The summed E-state index contributed by atoms with van der Waals surface area (Å²) >= 11 is 0. The number of anilines is 1. The largest absolute Gasteiger partial charge is 0.490 e. The third-order valence-electron chi connectivity index (χ3n) is 6.63. The predicted molar refractivity (Wildman–Crippen MR) is 112 cm³/mol. The van der Waals surface area contributed by atoms with Gasteiger partial charge in [0.2, 0.25) is 0 Å². The van der Waals surface area contributed by atoms with Crippen molar-refractivity contribution in [1.82, 2.24) is 9.55 Å². The Hall–Kier alpha value is -3.24. The van der Waals surface area contributed by atoms with Gasteiger partial charge in [-0.1, -0.05) is 6.92 Å². The number of fused-ring (bicyclic) bond motifs is 5. The van der Waals surface area contributed by atoms with Crippen LogP contribution in [0.3, 0.4) is 0 Å². The number of rotatable bonds is 1. The molecule has 0 radical (unpaired) electrons. The Morgan fingerprint density at radius 1 is 1.26 bits per heavy atom. The van der Waals surface area contributed by atoms with E-state index in [4.69, 9.17) is 15.2 Å². The van der Waals surface area contributed by atoms with Crippen molar-refractivity contribution in [2.24, 2.45) is 0 Å². The first-order chi connectivity index (χ1) is 14.8. The first-order valence-electron chi connectivity index (χ1n) is 10.1. The van der Waals surface area contributed by atoms with Crippen molar-refractivity contribution in [2.45, 2.75) is 32.5 Å². The number of cyclic esters (lactones) is 1. The van der Waals surface area contributed by atoms with E-state index in [0.717, 1.165) is 11.1 Å². The van der Waals surface area contributed by atoms with Gasteiger partial charge in [-0.25, -0.2) is 9.37 Å². The van der Waals surface area contributed by atoms with Crippen molar-refractivity contribution in [3.05, 3.63) is 45.0 Å². The Morgan fingerprint density at radius 3 is 2.84 bits per heavy atom. The molecule has 3 aromatic rings. The SMILES string of the molecule is CC[Si@@]1(O)C(=O)OCc2c1cc1n(c2=O)Cc2c-1nc1cc(F)c(N)c3c1c2CCO3. The molecule has 5 heterocycles. The van der Waals surface area contributed by atoms with Crippen LogP contribution in [0, 0.1) is 5.82 Å². The van der Waals surface area contributed by atoms with Crippen LogP contribution in [0.25, 0.3) is 22.3 Å². The number of pyridine rings is 2. The second-order valence-electron chi connectivity index (χ2n) is 8.11. The maximum atomic E-state index is 14.4. The molecule has 10 heteroatoms. The highest BCUT2D eigenvalue weighted by atomic mass is 28.4. The van der Waals surface area contributed by atoms with Crippen LogP contribution in [-0.4, -0.2) is 34.9 Å². The Kier molecular flexibility index (Phi) is 3.54. The number of benzene rings is 1. The number of hydrogen-bond acceptors (Lipinski definition) is 7. The number of halogens is 1.